The number of benzene rings is 1. The van der Waals surface area contributed by atoms with Crippen LogP contribution in [-0.4, -0.2) is 19.3 Å². The zero-order valence-electron chi connectivity index (χ0n) is 12.2. The molecule has 1 heterocycles. The van der Waals surface area contributed by atoms with Crippen molar-refractivity contribution in [2.24, 2.45) is 5.73 Å². The third-order valence-corrected chi connectivity index (χ3v) is 6.73. The minimum atomic E-state index is -3.52. The summed E-state index contributed by atoms with van der Waals surface area (Å²) in [6, 6.07) is 9.61. The van der Waals surface area contributed by atoms with Crippen molar-refractivity contribution >= 4 is 21.4 Å². The summed E-state index contributed by atoms with van der Waals surface area (Å²) < 4.78 is 27.3. The first-order valence-electron chi connectivity index (χ1n) is 6.81. The lowest BCUT2D eigenvalue weighted by atomic mass is 10.2. The number of aryl methyl sites for hydroxylation is 1. The summed E-state index contributed by atoms with van der Waals surface area (Å²) in [6.45, 7) is 4.72. The number of rotatable bonds is 6. The van der Waals surface area contributed by atoms with Crippen molar-refractivity contribution in [3.8, 4) is 0 Å². The average molecular weight is 324 g/mol. The molecule has 0 aliphatic rings. The van der Waals surface area contributed by atoms with Gasteiger partial charge in [0.05, 0.1) is 0 Å². The second-order valence-electron chi connectivity index (χ2n) is 4.79. The van der Waals surface area contributed by atoms with E-state index in [1.807, 2.05) is 49.6 Å². The molecule has 0 bridgehead atoms. The van der Waals surface area contributed by atoms with E-state index in [1.165, 1.54) is 15.6 Å². The molecule has 0 spiro atoms. The highest BCUT2D eigenvalue weighted by molar-refractivity contribution is 7.89. The molecule has 1 aromatic heterocycles. The summed E-state index contributed by atoms with van der Waals surface area (Å²) in [7, 11) is -3.52. The number of sulfonamides is 1. The van der Waals surface area contributed by atoms with E-state index < -0.39 is 10.0 Å². The Morgan fingerprint density at radius 3 is 2.48 bits per heavy atom. The van der Waals surface area contributed by atoms with Crippen LogP contribution >= 0.6 is 11.3 Å². The molecular weight excluding hydrogens is 304 g/mol. The van der Waals surface area contributed by atoms with Gasteiger partial charge in [0.1, 0.15) is 4.90 Å². The van der Waals surface area contributed by atoms with Crippen molar-refractivity contribution in [3.63, 3.8) is 0 Å². The zero-order valence-corrected chi connectivity index (χ0v) is 13.9. The van der Waals surface area contributed by atoms with Crippen LogP contribution in [0.15, 0.2) is 40.6 Å². The molecular formula is C15H20N2O2S2. The third-order valence-electron chi connectivity index (χ3n) is 3.33. The van der Waals surface area contributed by atoms with Crippen molar-refractivity contribution in [1.29, 1.82) is 0 Å². The molecule has 0 saturated heterocycles. The normalized spacial score (nSPS) is 12.0. The molecule has 0 radical (unpaired) electrons. The second-order valence-corrected chi connectivity index (χ2v) is 7.63. The molecule has 4 nitrogen and oxygen atoms in total. The number of hydrogen-bond acceptors (Lipinski definition) is 4. The average Bonchev–Trinajstić information content (AvgIpc) is 2.87. The van der Waals surface area contributed by atoms with Gasteiger partial charge in [-0.2, -0.15) is 4.31 Å². The number of nitrogens with zero attached hydrogens (tertiary/aromatic N) is 1. The van der Waals surface area contributed by atoms with Gasteiger partial charge in [-0.25, -0.2) is 8.42 Å². The molecule has 0 unspecified atom stereocenters. The fourth-order valence-electron chi connectivity index (χ4n) is 2.26. The SMILES string of the molecule is CCN(Cc1ccccc1)S(=O)(=O)c1c(C)csc1CN. The van der Waals surface area contributed by atoms with Gasteiger partial charge in [0, 0.05) is 24.5 Å². The maximum Gasteiger partial charge on any atom is 0.244 e. The number of hydrogen-bond donors (Lipinski definition) is 1. The van der Waals surface area contributed by atoms with Crippen molar-refractivity contribution in [1.82, 2.24) is 4.31 Å². The molecule has 0 aliphatic heterocycles. The first kappa shape index (κ1) is 16.2. The molecule has 1 aromatic carbocycles. The van der Waals surface area contributed by atoms with Gasteiger partial charge in [0.2, 0.25) is 10.0 Å². The first-order chi connectivity index (χ1) is 10.0. The van der Waals surface area contributed by atoms with E-state index in [0.29, 0.717) is 18.0 Å². The molecule has 21 heavy (non-hydrogen) atoms. The van der Waals surface area contributed by atoms with Crippen molar-refractivity contribution in [2.75, 3.05) is 6.54 Å². The molecule has 0 fully saturated rings. The van der Waals surface area contributed by atoms with E-state index >= 15 is 0 Å². The van der Waals surface area contributed by atoms with Crippen molar-refractivity contribution in [3.05, 3.63) is 51.7 Å². The Kier molecular flexibility index (Phi) is 5.16. The van der Waals surface area contributed by atoms with E-state index in [4.69, 9.17) is 5.73 Å². The quantitative estimate of drug-likeness (QED) is 0.888. The van der Waals surface area contributed by atoms with Crippen LogP contribution < -0.4 is 5.73 Å². The first-order valence-corrected chi connectivity index (χ1v) is 9.13. The van der Waals surface area contributed by atoms with Gasteiger partial charge in [-0.15, -0.1) is 11.3 Å². The van der Waals surface area contributed by atoms with Crippen LogP contribution in [0.25, 0.3) is 0 Å². The van der Waals surface area contributed by atoms with Gasteiger partial charge in [-0.05, 0) is 23.4 Å². The Labute approximate surface area is 130 Å². The van der Waals surface area contributed by atoms with Gasteiger partial charge in [-0.1, -0.05) is 37.3 Å². The minimum Gasteiger partial charge on any atom is -0.326 e. The van der Waals surface area contributed by atoms with Crippen LogP contribution in [0.1, 0.15) is 22.9 Å². The molecule has 2 aromatic rings. The highest BCUT2D eigenvalue weighted by Crippen LogP contribution is 2.29. The van der Waals surface area contributed by atoms with Gasteiger partial charge < -0.3 is 5.73 Å². The van der Waals surface area contributed by atoms with Crippen LogP contribution in [0.2, 0.25) is 0 Å². The number of thiophene rings is 1. The smallest absolute Gasteiger partial charge is 0.244 e. The van der Waals surface area contributed by atoms with Crippen molar-refractivity contribution in [2.45, 2.75) is 31.8 Å². The number of nitrogens with two attached hydrogens (primary N) is 1. The summed E-state index contributed by atoms with van der Waals surface area (Å²) in [5, 5.41) is 1.85. The Morgan fingerprint density at radius 1 is 1.24 bits per heavy atom. The summed E-state index contributed by atoms with van der Waals surface area (Å²) in [4.78, 5) is 1.10. The Balaban J connectivity index is 2.38. The standard InChI is InChI=1S/C15H20N2O2S2/c1-3-17(10-13-7-5-4-6-8-13)21(18,19)15-12(2)11-20-14(15)9-16/h4-8,11H,3,9-10,16H2,1-2H3. The molecule has 0 amide bonds. The summed E-state index contributed by atoms with van der Waals surface area (Å²) >= 11 is 1.41. The van der Waals surface area contributed by atoms with E-state index in [2.05, 4.69) is 0 Å². The predicted molar refractivity (Wildman–Crippen MR) is 86.7 cm³/mol. The molecule has 6 heteroatoms. The summed E-state index contributed by atoms with van der Waals surface area (Å²) in [6.07, 6.45) is 0. The van der Waals surface area contributed by atoms with Gasteiger partial charge >= 0.3 is 0 Å². The lowest BCUT2D eigenvalue weighted by Crippen LogP contribution is -2.31. The molecule has 114 valence electrons. The molecule has 2 rings (SSSR count). The van der Waals surface area contributed by atoms with E-state index in [1.54, 1.807) is 0 Å². The largest absolute Gasteiger partial charge is 0.326 e. The molecule has 0 atom stereocenters. The zero-order chi connectivity index (χ0) is 15.5. The third kappa shape index (κ3) is 3.35. The van der Waals surface area contributed by atoms with Crippen LogP contribution in [0, 0.1) is 6.92 Å². The minimum absolute atomic E-state index is 0.246. The fourth-order valence-corrected chi connectivity index (χ4v) is 5.35. The molecule has 2 N–H and O–H groups in total. The second kappa shape index (κ2) is 6.70. The lowest BCUT2D eigenvalue weighted by Gasteiger charge is -2.21. The Bertz CT molecular complexity index is 694. The lowest BCUT2D eigenvalue weighted by molar-refractivity contribution is 0.423. The maximum absolute atomic E-state index is 12.9. The Morgan fingerprint density at radius 2 is 1.90 bits per heavy atom. The van der Waals surface area contributed by atoms with E-state index in [-0.39, 0.29) is 6.54 Å². The maximum atomic E-state index is 12.9. The Hall–Kier alpha value is -1.21. The van der Waals surface area contributed by atoms with E-state index in [0.717, 1.165) is 16.0 Å². The van der Waals surface area contributed by atoms with Crippen LogP contribution in [0.4, 0.5) is 0 Å². The van der Waals surface area contributed by atoms with Gasteiger partial charge in [-0.3, -0.25) is 0 Å². The van der Waals surface area contributed by atoms with Crippen LogP contribution in [-0.2, 0) is 23.1 Å². The highest BCUT2D eigenvalue weighted by Gasteiger charge is 2.28. The summed E-state index contributed by atoms with van der Waals surface area (Å²) in [5.74, 6) is 0. The van der Waals surface area contributed by atoms with E-state index in [9.17, 15) is 8.42 Å². The van der Waals surface area contributed by atoms with Gasteiger partial charge in [0.15, 0.2) is 0 Å². The molecule has 0 aliphatic carbocycles. The topological polar surface area (TPSA) is 63.4 Å². The van der Waals surface area contributed by atoms with Gasteiger partial charge in [0.25, 0.3) is 0 Å². The fraction of sp³-hybridized carbons (Fsp3) is 0.333. The molecule has 0 saturated carbocycles. The summed E-state index contributed by atoms with van der Waals surface area (Å²) in [5.41, 5.74) is 7.43. The predicted octanol–water partition coefficient (Wildman–Crippen LogP) is 2.73. The highest BCUT2D eigenvalue weighted by atomic mass is 32.2. The van der Waals surface area contributed by atoms with Crippen LogP contribution in [0.5, 0.6) is 0 Å². The monoisotopic (exact) mass is 324 g/mol. The van der Waals surface area contributed by atoms with Crippen LogP contribution in [0.3, 0.4) is 0 Å². The van der Waals surface area contributed by atoms with Crippen molar-refractivity contribution < 1.29 is 8.42 Å².